The van der Waals surface area contributed by atoms with E-state index in [1.165, 1.54) is 7.11 Å². The third-order valence-corrected chi connectivity index (χ3v) is 15.1. The van der Waals surface area contributed by atoms with Gasteiger partial charge in [-0.2, -0.15) is 10.2 Å². The van der Waals surface area contributed by atoms with Crippen LogP contribution in [0.1, 0.15) is 98.3 Å². The minimum Gasteiger partial charge on any atom is -0.476 e. The van der Waals surface area contributed by atoms with Gasteiger partial charge in [0.25, 0.3) is 0 Å². The van der Waals surface area contributed by atoms with E-state index in [-0.39, 0.29) is 29.4 Å². The SMILES string of the molecule is COC(=O)c1nn(C)c2c3ncc(-c4c(C)noc4C)cc3n([C@H](c3ccccc3)C3CCOCC3)c12.Cc1noc(C)c1-c1cnc2c3c(c(C(=O)O)nn3C)n([C@H](c3ccccc3)C3CCOCC3)c2c1C. The quantitative estimate of drug-likeness (QED) is 0.127. The number of ether oxygens (including phenoxy) is 3. The highest BCUT2D eigenvalue weighted by Gasteiger charge is 2.37. The summed E-state index contributed by atoms with van der Waals surface area (Å²) in [4.78, 5) is 35.3. The van der Waals surface area contributed by atoms with E-state index in [4.69, 9.17) is 33.2 Å². The van der Waals surface area contributed by atoms with Crippen LogP contribution in [0.3, 0.4) is 0 Å². The molecule has 2 aromatic carbocycles. The van der Waals surface area contributed by atoms with Crippen molar-refractivity contribution in [2.75, 3.05) is 33.5 Å². The summed E-state index contributed by atoms with van der Waals surface area (Å²) in [5.41, 5.74) is 15.1. The molecule has 12 rings (SSSR count). The first-order chi connectivity index (χ1) is 35.9. The molecule has 0 unspecified atom stereocenters. The molecule has 0 amide bonds. The molecule has 2 aliphatic rings. The lowest BCUT2D eigenvalue weighted by atomic mass is 9.86. The number of carboxylic acids is 1. The highest BCUT2D eigenvalue weighted by atomic mass is 16.5. The number of fused-ring (bicyclic) bond motifs is 6. The lowest BCUT2D eigenvalue weighted by Gasteiger charge is -2.33. The van der Waals surface area contributed by atoms with Crippen LogP contribution in [0.5, 0.6) is 0 Å². The zero-order valence-electron chi connectivity index (χ0n) is 42.7. The van der Waals surface area contributed by atoms with Crippen molar-refractivity contribution in [3.63, 3.8) is 0 Å². The second-order valence-corrected chi connectivity index (χ2v) is 19.5. The second kappa shape index (κ2) is 19.5. The van der Waals surface area contributed by atoms with E-state index in [2.05, 4.69) is 79.0 Å². The summed E-state index contributed by atoms with van der Waals surface area (Å²) in [5, 5.41) is 27.5. The van der Waals surface area contributed by atoms with Crippen molar-refractivity contribution in [1.29, 1.82) is 0 Å². The molecule has 380 valence electrons. The van der Waals surface area contributed by atoms with Gasteiger partial charge in [-0.1, -0.05) is 71.0 Å². The van der Waals surface area contributed by atoms with Crippen molar-refractivity contribution < 1.29 is 38.0 Å². The van der Waals surface area contributed by atoms with E-state index >= 15 is 0 Å². The Balaban J connectivity index is 0.000000159. The number of methoxy groups -OCH3 is 1. The van der Waals surface area contributed by atoms with Crippen molar-refractivity contribution in [3.8, 4) is 22.3 Å². The monoisotopic (exact) mass is 998 g/mol. The fourth-order valence-corrected chi connectivity index (χ4v) is 11.8. The van der Waals surface area contributed by atoms with Crippen molar-refractivity contribution in [1.82, 2.24) is 49.0 Å². The summed E-state index contributed by atoms with van der Waals surface area (Å²) < 4.78 is 35.4. The van der Waals surface area contributed by atoms with Crippen LogP contribution in [0.25, 0.3) is 66.4 Å². The molecule has 2 atom stereocenters. The first-order valence-corrected chi connectivity index (χ1v) is 25.0. The smallest absolute Gasteiger partial charge is 0.360 e. The number of aromatic carboxylic acids is 1. The third kappa shape index (κ3) is 8.03. The van der Waals surface area contributed by atoms with Crippen LogP contribution < -0.4 is 0 Å². The normalized spacial score (nSPS) is 15.5. The average Bonchev–Trinajstić information content (AvgIpc) is 4.29. The van der Waals surface area contributed by atoms with E-state index in [1.54, 1.807) is 16.4 Å². The lowest BCUT2D eigenvalue weighted by molar-refractivity contribution is 0.0548. The maximum Gasteiger partial charge on any atom is 0.360 e. The Kier molecular flexibility index (Phi) is 12.7. The molecule has 10 heterocycles. The Morgan fingerprint density at radius 1 is 0.635 bits per heavy atom. The standard InChI is InChI=1S/2C28H29N5O4/c1-16-22(17(2)37-31-16)20-14-21-23(29-15-20)26-27(24(28(34)35-4)30-32(26)3)33(21)25(18-8-6-5-7-9-18)19-10-12-36-13-11-19;1-15-20(21-16(2)31-37-17(21)3)14-29-22-24(15)33(27-23(28(34)35)30-32(4)26(22)27)25(18-8-6-5-7-9-18)19-10-12-36-13-11-19/h5-9,14-15,19,25H,10-13H2,1-4H3;5-9,14,19,25H,10-13H2,1-4H3,(H,34,35)/t2*25-/m11/s1. The number of aromatic nitrogens is 10. The van der Waals surface area contributed by atoms with Gasteiger partial charge in [0.2, 0.25) is 0 Å². The predicted molar refractivity (Wildman–Crippen MR) is 277 cm³/mol. The number of aryl methyl sites for hydroxylation is 7. The molecule has 0 saturated carbocycles. The van der Waals surface area contributed by atoms with Crippen molar-refractivity contribution in [2.24, 2.45) is 25.9 Å². The summed E-state index contributed by atoms with van der Waals surface area (Å²) in [6, 6.07) is 22.7. The molecule has 8 aromatic heterocycles. The van der Waals surface area contributed by atoms with Gasteiger partial charge >= 0.3 is 11.9 Å². The molecule has 2 aliphatic heterocycles. The largest absolute Gasteiger partial charge is 0.476 e. The van der Waals surface area contributed by atoms with Crippen molar-refractivity contribution in [3.05, 3.63) is 130 Å². The molecule has 18 heteroatoms. The molecule has 0 bridgehead atoms. The second-order valence-electron chi connectivity index (χ2n) is 19.5. The Labute approximate surface area is 425 Å². The topological polar surface area (TPSA) is 205 Å². The van der Waals surface area contributed by atoms with Crippen LogP contribution >= 0.6 is 0 Å². The van der Waals surface area contributed by atoms with E-state index < -0.39 is 11.9 Å². The fraction of sp³-hybridized carbons (Fsp3) is 0.357. The number of carbonyl (C=O) groups is 2. The highest BCUT2D eigenvalue weighted by Crippen LogP contribution is 2.46. The minimum atomic E-state index is -1.06. The molecule has 2 saturated heterocycles. The van der Waals surface area contributed by atoms with E-state index in [9.17, 15) is 14.7 Å². The Hall–Kier alpha value is -7.96. The van der Waals surface area contributed by atoms with E-state index in [1.807, 2.05) is 71.4 Å². The van der Waals surface area contributed by atoms with E-state index in [0.29, 0.717) is 43.4 Å². The maximum atomic E-state index is 13.0. The van der Waals surface area contributed by atoms with Crippen LogP contribution in [0.4, 0.5) is 0 Å². The number of carboxylic acid groups (broad SMARTS) is 1. The van der Waals surface area contributed by atoms with Crippen LogP contribution in [0.15, 0.2) is 88.2 Å². The first-order valence-electron chi connectivity index (χ1n) is 25.0. The summed E-state index contributed by atoms with van der Waals surface area (Å²) in [6.45, 7) is 12.5. The number of pyridine rings is 2. The number of esters is 1. The van der Waals surface area contributed by atoms with Gasteiger partial charge in [0.1, 0.15) is 44.6 Å². The summed E-state index contributed by atoms with van der Waals surface area (Å²) in [7, 11) is 5.01. The predicted octanol–water partition coefficient (Wildman–Crippen LogP) is 10.2. The molecule has 18 nitrogen and oxygen atoms in total. The number of hydrogen-bond acceptors (Lipinski definition) is 13. The molecule has 74 heavy (non-hydrogen) atoms. The molecule has 2 fully saturated rings. The van der Waals surface area contributed by atoms with Gasteiger partial charge in [-0.25, -0.2) is 9.59 Å². The number of benzene rings is 2. The van der Waals surface area contributed by atoms with Gasteiger partial charge in [0.05, 0.1) is 41.6 Å². The molecular weight excluding hydrogens is 941 g/mol. The molecule has 0 aliphatic carbocycles. The zero-order chi connectivity index (χ0) is 51.5. The first kappa shape index (κ1) is 48.3. The van der Waals surface area contributed by atoms with Gasteiger partial charge < -0.3 is 37.5 Å². The Morgan fingerprint density at radius 2 is 1.14 bits per heavy atom. The molecule has 10 aromatic rings. The van der Waals surface area contributed by atoms with Crippen LogP contribution in [-0.2, 0) is 28.3 Å². The minimum absolute atomic E-state index is 0.0294. The summed E-state index contributed by atoms with van der Waals surface area (Å²) in [6.07, 6.45) is 7.25. The van der Waals surface area contributed by atoms with Gasteiger partial charge in [-0.3, -0.25) is 19.3 Å². The third-order valence-electron chi connectivity index (χ3n) is 15.1. The van der Waals surface area contributed by atoms with Gasteiger partial charge in [-0.15, -0.1) is 0 Å². The fourth-order valence-electron chi connectivity index (χ4n) is 11.8. The number of rotatable bonds is 10. The van der Waals surface area contributed by atoms with Gasteiger partial charge in [-0.05, 0) is 94.9 Å². The van der Waals surface area contributed by atoms with E-state index in [0.717, 1.165) is 121 Å². The number of hydrogen-bond donors (Lipinski definition) is 1. The highest BCUT2D eigenvalue weighted by molar-refractivity contribution is 6.13. The zero-order valence-corrected chi connectivity index (χ0v) is 42.7. The van der Waals surface area contributed by atoms with Crippen LogP contribution in [-0.4, -0.2) is 99.6 Å². The molecule has 0 spiro atoms. The van der Waals surface area contributed by atoms with Crippen molar-refractivity contribution >= 4 is 56.1 Å². The molecular formula is C56H58N10O8. The van der Waals surface area contributed by atoms with Gasteiger partial charge in [0.15, 0.2) is 11.4 Å². The molecule has 1 N–H and O–H groups in total. The van der Waals surface area contributed by atoms with Crippen LogP contribution in [0.2, 0.25) is 0 Å². The summed E-state index contributed by atoms with van der Waals surface area (Å²) in [5.74, 6) is 0.474. The Morgan fingerprint density at radius 3 is 1.66 bits per heavy atom. The van der Waals surface area contributed by atoms with Crippen LogP contribution in [0, 0.1) is 46.5 Å². The maximum absolute atomic E-state index is 13.0. The Bertz CT molecular complexity index is 3700. The number of carbonyl (C=O) groups excluding carboxylic acids is 1. The summed E-state index contributed by atoms with van der Waals surface area (Å²) >= 11 is 0. The van der Waals surface area contributed by atoms with Gasteiger partial charge in [0, 0.05) is 75.2 Å². The lowest BCUT2D eigenvalue weighted by Crippen LogP contribution is -2.27. The molecule has 0 radical (unpaired) electrons. The average molecular weight is 999 g/mol. The van der Waals surface area contributed by atoms with Crippen molar-refractivity contribution in [2.45, 2.75) is 72.4 Å². The number of nitrogens with zero attached hydrogens (tertiary/aromatic N) is 10.